The van der Waals surface area contributed by atoms with Gasteiger partial charge in [0.1, 0.15) is 17.6 Å². The van der Waals surface area contributed by atoms with Gasteiger partial charge in [-0.3, -0.25) is 9.59 Å². The number of aryl methyl sites for hydroxylation is 2. The second-order valence-corrected chi connectivity index (χ2v) is 8.49. The molecule has 2 N–H and O–H groups in total. The first-order chi connectivity index (χ1) is 15.3. The minimum Gasteiger partial charge on any atom is -0.484 e. The number of nitrogens with one attached hydrogen (secondary N) is 2. The standard InChI is InChI=1S/C24H27ClFN3O3/c1-15(2)23(24(31)29-27-13-19-20(25)8-5-9-21(19)26)28-22(30)14-32-18-11-10-16-6-3-4-7-17(16)12-18/h5,8-13,15,23H,3-4,6-7,14H2,1-2H3,(H,28,30)(H,29,31)/t23-/m0/s1. The molecular weight excluding hydrogens is 433 g/mol. The Hall–Kier alpha value is -2.93. The van der Waals surface area contributed by atoms with E-state index in [9.17, 15) is 14.0 Å². The summed E-state index contributed by atoms with van der Waals surface area (Å²) in [6.45, 7) is 3.39. The number of benzene rings is 2. The predicted molar refractivity (Wildman–Crippen MR) is 122 cm³/mol. The Kier molecular flexibility index (Phi) is 8.22. The monoisotopic (exact) mass is 459 g/mol. The summed E-state index contributed by atoms with van der Waals surface area (Å²) in [4.78, 5) is 24.9. The number of nitrogens with zero attached hydrogens (tertiary/aromatic N) is 1. The molecular formula is C24H27ClFN3O3. The molecule has 1 aliphatic carbocycles. The molecule has 2 aromatic carbocycles. The Morgan fingerprint density at radius 3 is 2.66 bits per heavy atom. The zero-order valence-corrected chi connectivity index (χ0v) is 18.9. The number of carbonyl (C=O) groups excluding carboxylic acids is 2. The van der Waals surface area contributed by atoms with Crippen molar-refractivity contribution in [3.8, 4) is 5.75 Å². The lowest BCUT2D eigenvalue weighted by molar-refractivity contribution is -0.131. The van der Waals surface area contributed by atoms with Crippen molar-refractivity contribution in [1.29, 1.82) is 0 Å². The van der Waals surface area contributed by atoms with Crippen molar-refractivity contribution >= 4 is 29.6 Å². The number of carbonyl (C=O) groups is 2. The average molecular weight is 460 g/mol. The number of fused-ring (bicyclic) bond motifs is 1. The lowest BCUT2D eigenvalue weighted by Gasteiger charge is -2.21. The summed E-state index contributed by atoms with van der Waals surface area (Å²) in [7, 11) is 0. The lowest BCUT2D eigenvalue weighted by atomic mass is 9.92. The molecule has 0 bridgehead atoms. The number of rotatable bonds is 8. The molecule has 6 nitrogen and oxygen atoms in total. The van der Waals surface area contributed by atoms with Gasteiger partial charge in [-0.25, -0.2) is 9.82 Å². The molecule has 0 saturated heterocycles. The Bertz CT molecular complexity index is 990. The third-order valence-electron chi connectivity index (χ3n) is 5.32. The van der Waals surface area contributed by atoms with E-state index in [-0.39, 0.29) is 23.1 Å². The van der Waals surface area contributed by atoms with Crippen LogP contribution in [0.2, 0.25) is 5.02 Å². The SMILES string of the molecule is CC(C)[C@H](NC(=O)COc1ccc2c(c1)CCCC2)C(=O)NN=Cc1c(F)cccc1Cl. The van der Waals surface area contributed by atoms with E-state index < -0.39 is 23.7 Å². The van der Waals surface area contributed by atoms with Crippen molar-refractivity contribution in [2.45, 2.75) is 45.6 Å². The predicted octanol–water partition coefficient (Wildman–Crippen LogP) is 4.03. The van der Waals surface area contributed by atoms with Gasteiger partial charge >= 0.3 is 0 Å². The van der Waals surface area contributed by atoms with Crippen LogP contribution >= 0.6 is 11.6 Å². The van der Waals surface area contributed by atoms with Crippen LogP contribution in [0.25, 0.3) is 0 Å². The highest BCUT2D eigenvalue weighted by Crippen LogP contribution is 2.25. The smallest absolute Gasteiger partial charge is 0.262 e. The van der Waals surface area contributed by atoms with E-state index in [1.54, 1.807) is 13.8 Å². The summed E-state index contributed by atoms with van der Waals surface area (Å²) in [5.41, 5.74) is 5.00. The van der Waals surface area contributed by atoms with Crippen LogP contribution < -0.4 is 15.5 Å². The van der Waals surface area contributed by atoms with E-state index in [1.165, 1.54) is 35.7 Å². The number of ether oxygens (including phenoxy) is 1. The van der Waals surface area contributed by atoms with Crippen molar-refractivity contribution in [3.63, 3.8) is 0 Å². The van der Waals surface area contributed by atoms with Crippen molar-refractivity contribution in [2.24, 2.45) is 11.0 Å². The number of hydrogen-bond donors (Lipinski definition) is 2. The molecule has 0 spiro atoms. The highest BCUT2D eigenvalue weighted by atomic mass is 35.5. The molecule has 0 aromatic heterocycles. The summed E-state index contributed by atoms with van der Waals surface area (Å²) in [6.07, 6.45) is 5.59. The van der Waals surface area contributed by atoms with Gasteiger partial charge in [0.2, 0.25) is 0 Å². The number of halogens is 2. The van der Waals surface area contributed by atoms with E-state index >= 15 is 0 Å². The fourth-order valence-corrected chi connectivity index (χ4v) is 3.77. The van der Waals surface area contributed by atoms with Crippen LogP contribution in [0.5, 0.6) is 5.75 Å². The zero-order chi connectivity index (χ0) is 23.1. The van der Waals surface area contributed by atoms with Crippen molar-refractivity contribution in [3.05, 3.63) is 63.9 Å². The molecule has 3 rings (SSSR count). The van der Waals surface area contributed by atoms with Gasteiger partial charge in [-0.2, -0.15) is 5.10 Å². The molecule has 0 unspecified atom stereocenters. The zero-order valence-electron chi connectivity index (χ0n) is 18.2. The van der Waals surface area contributed by atoms with Gasteiger partial charge in [0, 0.05) is 5.56 Å². The molecule has 0 fully saturated rings. The summed E-state index contributed by atoms with van der Waals surface area (Å²) in [5.74, 6) is -1.06. The summed E-state index contributed by atoms with van der Waals surface area (Å²) >= 11 is 5.94. The molecule has 0 heterocycles. The van der Waals surface area contributed by atoms with E-state index in [2.05, 4.69) is 15.8 Å². The Morgan fingerprint density at radius 1 is 1.19 bits per heavy atom. The van der Waals surface area contributed by atoms with E-state index in [0.29, 0.717) is 5.75 Å². The Balaban J connectivity index is 1.54. The van der Waals surface area contributed by atoms with E-state index in [0.717, 1.165) is 25.5 Å². The molecule has 32 heavy (non-hydrogen) atoms. The number of amides is 2. The highest BCUT2D eigenvalue weighted by molar-refractivity contribution is 6.33. The normalized spacial score (nSPS) is 14.2. The molecule has 0 radical (unpaired) electrons. The first-order valence-corrected chi connectivity index (χ1v) is 11.0. The first kappa shape index (κ1) is 23.7. The minimum absolute atomic E-state index is 0.0676. The highest BCUT2D eigenvalue weighted by Gasteiger charge is 2.24. The fourth-order valence-electron chi connectivity index (χ4n) is 3.56. The van der Waals surface area contributed by atoms with Crippen LogP contribution in [0.3, 0.4) is 0 Å². The fraction of sp³-hybridized carbons (Fsp3) is 0.375. The molecule has 2 amide bonds. The molecule has 0 aliphatic heterocycles. The maximum absolute atomic E-state index is 13.8. The van der Waals surface area contributed by atoms with Gasteiger partial charge in [-0.05, 0) is 67.0 Å². The van der Waals surface area contributed by atoms with Gasteiger partial charge in [0.05, 0.1) is 11.2 Å². The van der Waals surface area contributed by atoms with Crippen molar-refractivity contribution < 1.29 is 18.7 Å². The Morgan fingerprint density at radius 2 is 1.94 bits per heavy atom. The largest absolute Gasteiger partial charge is 0.484 e. The molecule has 170 valence electrons. The van der Waals surface area contributed by atoms with Crippen molar-refractivity contribution in [2.75, 3.05) is 6.61 Å². The first-order valence-electron chi connectivity index (χ1n) is 10.7. The number of hydrogen-bond acceptors (Lipinski definition) is 4. The molecule has 1 atom stereocenters. The second-order valence-electron chi connectivity index (χ2n) is 8.09. The maximum atomic E-state index is 13.8. The quantitative estimate of drug-likeness (QED) is 0.462. The summed E-state index contributed by atoms with van der Waals surface area (Å²) in [6, 6.07) is 9.31. The maximum Gasteiger partial charge on any atom is 0.262 e. The summed E-state index contributed by atoms with van der Waals surface area (Å²) in [5, 5.41) is 6.62. The van der Waals surface area contributed by atoms with Crippen LogP contribution in [-0.4, -0.2) is 30.7 Å². The number of hydrazone groups is 1. The van der Waals surface area contributed by atoms with Crippen LogP contribution in [0.4, 0.5) is 4.39 Å². The van der Waals surface area contributed by atoms with Crippen molar-refractivity contribution in [1.82, 2.24) is 10.7 Å². The third kappa shape index (κ3) is 6.29. The lowest BCUT2D eigenvalue weighted by Crippen LogP contribution is -2.49. The summed E-state index contributed by atoms with van der Waals surface area (Å²) < 4.78 is 19.4. The van der Waals surface area contributed by atoms with E-state index in [1.807, 2.05) is 18.2 Å². The van der Waals surface area contributed by atoms with Gasteiger partial charge in [-0.1, -0.05) is 37.6 Å². The van der Waals surface area contributed by atoms with E-state index in [4.69, 9.17) is 16.3 Å². The van der Waals surface area contributed by atoms with Gasteiger partial charge < -0.3 is 10.1 Å². The average Bonchev–Trinajstić information content (AvgIpc) is 2.77. The van der Waals surface area contributed by atoms with Crippen LogP contribution in [0.1, 0.15) is 43.4 Å². The van der Waals surface area contributed by atoms with Gasteiger partial charge in [0.15, 0.2) is 6.61 Å². The molecule has 2 aromatic rings. The van der Waals surface area contributed by atoms with Crippen LogP contribution in [-0.2, 0) is 22.4 Å². The topological polar surface area (TPSA) is 79.8 Å². The second kappa shape index (κ2) is 11.1. The molecule has 0 saturated carbocycles. The molecule has 1 aliphatic rings. The third-order valence-corrected chi connectivity index (χ3v) is 5.65. The minimum atomic E-state index is -0.831. The van der Waals surface area contributed by atoms with Gasteiger partial charge in [-0.15, -0.1) is 0 Å². The van der Waals surface area contributed by atoms with Crippen LogP contribution in [0.15, 0.2) is 41.5 Å². The Labute approximate surface area is 192 Å². The van der Waals surface area contributed by atoms with Gasteiger partial charge in [0.25, 0.3) is 11.8 Å². The molecule has 8 heteroatoms. The van der Waals surface area contributed by atoms with Crippen LogP contribution in [0, 0.1) is 11.7 Å².